The summed E-state index contributed by atoms with van der Waals surface area (Å²) in [5.74, 6) is 0.770. The normalized spacial score (nSPS) is 10.5. The van der Waals surface area contributed by atoms with E-state index in [0.29, 0.717) is 27.9 Å². The van der Waals surface area contributed by atoms with Gasteiger partial charge in [-0.1, -0.05) is 18.3 Å². The SMILES string of the molecule is CCc1nnc(NC(=O)Cn2nc(-c3ccc(OC)cc3OC)ccc2=O)s1. The predicted molar refractivity (Wildman–Crippen MR) is 105 cm³/mol. The molecule has 0 unspecified atom stereocenters. The van der Waals surface area contributed by atoms with Crippen LogP contribution in [-0.2, 0) is 17.8 Å². The van der Waals surface area contributed by atoms with Crippen LogP contribution in [0.4, 0.5) is 5.13 Å². The Kier molecular flexibility index (Phi) is 5.99. The van der Waals surface area contributed by atoms with Crippen LogP contribution in [0.2, 0.25) is 0 Å². The minimum absolute atomic E-state index is 0.244. The molecule has 9 nitrogen and oxygen atoms in total. The van der Waals surface area contributed by atoms with E-state index < -0.39 is 11.5 Å². The third kappa shape index (κ3) is 4.34. The first-order valence-electron chi connectivity index (χ1n) is 8.46. The summed E-state index contributed by atoms with van der Waals surface area (Å²) >= 11 is 1.29. The maximum absolute atomic E-state index is 12.3. The second-order valence-corrected chi connectivity index (χ2v) is 6.75. The minimum atomic E-state index is -0.410. The number of methoxy groups -OCH3 is 2. The molecule has 1 N–H and O–H groups in total. The molecule has 1 amide bonds. The molecule has 0 spiro atoms. The third-order valence-corrected chi connectivity index (χ3v) is 4.84. The molecule has 3 rings (SSSR count). The Morgan fingerprint density at radius 3 is 2.68 bits per heavy atom. The Morgan fingerprint density at radius 2 is 2.00 bits per heavy atom. The maximum atomic E-state index is 12.3. The fourth-order valence-electron chi connectivity index (χ4n) is 2.46. The summed E-state index contributed by atoms with van der Waals surface area (Å²) < 4.78 is 11.7. The first-order valence-corrected chi connectivity index (χ1v) is 9.28. The number of amides is 1. The zero-order valence-electron chi connectivity index (χ0n) is 15.6. The van der Waals surface area contributed by atoms with Crippen LogP contribution < -0.4 is 20.3 Å². The van der Waals surface area contributed by atoms with Gasteiger partial charge in [0.2, 0.25) is 11.0 Å². The van der Waals surface area contributed by atoms with Crippen LogP contribution in [0, 0.1) is 0 Å². The number of carbonyl (C=O) groups is 1. The van der Waals surface area contributed by atoms with Crippen molar-refractivity contribution < 1.29 is 14.3 Å². The summed E-state index contributed by atoms with van der Waals surface area (Å²) in [6.45, 7) is 1.71. The van der Waals surface area contributed by atoms with Crippen molar-refractivity contribution in [2.24, 2.45) is 0 Å². The molecular formula is C18H19N5O4S. The Hall–Kier alpha value is -3.27. The average molecular weight is 401 g/mol. The number of nitrogens with zero attached hydrogens (tertiary/aromatic N) is 4. The second-order valence-electron chi connectivity index (χ2n) is 5.68. The first-order chi connectivity index (χ1) is 13.5. The fourth-order valence-corrected chi connectivity index (χ4v) is 3.15. The Bertz CT molecular complexity index is 1050. The fraction of sp³-hybridized carbons (Fsp3) is 0.278. The highest BCUT2D eigenvalue weighted by Gasteiger charge is 2.13. The lowest BCUT2D eigenvalue weighted by atomic mass is 10.1. The van der Waals surface area contributed by atoms with Gasteiger partial charge in [0.1, 0.15) is 23.1 Å². The Balaban J connectivity index is 1.83. The molecule has 28 heavy (non-hydrogen) atoms. The summed E-state index contributed by atoms with van der Waals surface area (Å²) in [6, 6.07) is 8.21. The summed E-state index contributed by atoms with van der Waals surface area (Å²) in [7, 11) is 3.10. The monoisotopic (exact) mass is 401 g/mol. The van der Waals surface area contributed by atoms with Crippen LogP contribution in [0.15, 0.2) is 35.1 Å². The standard InChI is InChI=1S/C18H19N5O4S/c1-4-16-20-21-18(28-16)19-15(24)10-23-17(25)8-7-13(22-23)12-6-5-11(26-2)9-14(12)27-3/h5-9H,4,10H2,1-3H3,(H,19,21,24). The number of rotatable bonds is 7. The molecule has 0 aliphatic rings. The van der Waals surface area contributed by atoms with Crippen LogP contribution >= 0.6 is 11.3 Å². The van der Waals surface area contributed by atoms with Gasteiger partial charge in [0.05, 0.1) is 19.9 Å². The third-order valence-electron chi connectivity index (χ3n) is 3.86. The number of hydrogen-bond acceptors (Lipinski definition) is 8. The maximum Gasteiger partial charge on any atom is 0.267 e. The van der Waals surface area contributed by atoms with Crippen molar-refractivity contribution in [3.8, 4) is 22.8 Å². The quantitative estimate of drug-likeness (QED) is 0.645. The number of carbonyl (C=O) groups excluding carboxylic acids is 1. The number of nitrogens with one attached hydrogen (secondary N) is 1. The van der Waals surface area contributed by atoms with Gasteiger partial charge in [0.25, 0.3) is 5.56 Å². The zero-order valence-corrected chi connectivity index (χ0v) is 16.4. The van der Waals surface area contributed by atoms with Crippen molar-refractivity contribution in [1.29, 1.82) is 0 Å². The van der Waals surface area contributed by atoms with Crippen molar-refractivity contribution in [2.45, 2.75) is 19.9 Å². The summed E-state index contributed by atoms with van der Waals surface area (Å²) in [6.07, 6.45) is 0.736. The predicted octanol–water partition coefficient (Wildman–Crippen LogP) is 1.98. The molecule has 1 aromatic carbocycles. The van der Waals surface area contributed by atoms with Crippen molar-refractivity contribution in [1.82, 2.24) is 20.0 Å². The average Bonchev–Trinajstić information content (AvgIpc) is 3.16. The number of ether oxygens (including phenoxy) is 2. The van der Waals surface area contributed by atoms with Crippen molar-refractivity contribution in [3.63, 3.8) is 0 Å². The van der Waals surface area contributed by atoms with Gasteiger partial charge >= 0.3 is 0 Å². The number of anilines is 1. The van der Waals surface area contributed by atoms with E-state index in [1.165, 1.54) is 24.5 Å². The van der Waals surface area contributed by atoms with Gasteiger partial charge < -0.3 is 9.47 Å². The van der Waals surface area contributed by atoms with E-state index in [-0.39, 0.29) is 6.54 Å². The molecule has 0 saturated heterocycles. The van der Waals surface area contributed by atoms with Crippen LogP contribution in [0.5, 0.6) is 11.5 Å². The molecule has 0 bridgehead atoms. The molecule has 2 aromatic heterocycles. The molecule has 0 fully saturated rings. The van der Waals surface area contributed by atoms with E-state index in [1.54, 1.807) is 31.4 Å². The smallest absolute Gasteiger partial charge is 0.267 e. The van der Waals surface area contributed by atoms with Gasteiger partial charge in [-0.3, -0.25) is 14.9 Å². The van der Waals surface area contributed by atoms with Crippen LogP contribution in [0.3, 0.4) is 0 Å². The summed E-state index contributed by atoms with van der Waals surface area (Å²) in [5.41, 5.74) is 0.781. The van der Waals surface area contributed by atoms with Crippen molar-refractivity contribution in [2.75, 3.05) is 19.5 Å². The number of benzene rings is 1. The summed E-state index contributed by atoms with van der Waals surface area (Å²) in [5, 5.41) is 16.0. The van der Waals surface area contributed by atoms with E-state index in [9.17, 15) is 9.59 Å². The van der Waals surface area contributed by atoms with Gasteiger partial charge in [-0.05, 0) is 24.6 Å². The molecule has 2 heterocycles. The van der Waals surface area contributed by atoms with Crippen LogP contribution in [-0.4, -0.2) is 40.1 Å². The molecule has 146 valence electrons. The van der Waals surface area contributed by atoms with Gasteiger partial charge in [0, 0.05) is 17.7 Å². The van der Waals surface area contributed by atoms with Gasteiger partial charge in [-0.15, -0.1) is 10.2 Å². The van der Waals surface area contributed by atoms with E-state index in [1.807, 2.05) is 6.92 Å². The highest BCUT2D eigenvalue weighted by atomic mass is 32.1. The van der Waals surface area contributed by atoms with Crippen molar-refractivity contribution >= 4 is 22.4 Å². The molecule has 10 heteroatoms. The van der Waals surface area contributed by atoms with E-state index in [0.717, 1.165) is 16.1 Å². The molecule has 0 radical (unpaired) electrons. The van der Waals surface area contributed by atoms with Crippen LogP contribution in [0.1, 0.15) is 11.9 Å². The van der Waals surface area contributed by atoms with Crippen LogP contribution in [0.25, 0.3) is 11.3 Å². The molecule has 0 atom stereocenters. The number of hydrogen-bond donors (Lipinski definition) is 1. The van der Waals surface area contributed by atoms with E-state index in [4.69, 9.17) is 9.47 Å². The zero-order chi connectivity index (χ0) is 20.1. The number of aromatic nitrogens is 4. The molecule has 0 saturated carbocycles. The Labute approximate surface area is 165 Å². The molecular weight excluding hydrogens is 382 g/mol. The van der Waals surface area contributed by atoms with Gasteiger partial charge in [-0.2, -0.15) is 5.10 Å². The second kappa shape index (κ2) is 8.61. The first kappa shape index (κ1) is 19.5. The number of aryl methyl sites for hydroxylation is 1. The highest BCUT2D eigenvalue weighted by Crippen LogP contribution is 2.31. The van der Waals surface area contributed by atoms with E-state index >= 15 is 0 Å². The molecule has 3 aromatic rings. The lowest BCUT2D eigenvalue weighted by molar-refractivity contribution is -0.117. The lowest BCUT2D eigenvalue weighted by Crippen LogP contribution is -2.29. The molecule has 0 aliphatic heterocycles. The highest BCUT2D eigenvalue weighted by molar-refractivity contribution is 7.15. The van der Waals surface area contributed by atoms with E-state index in [2.05, 4.69) is 20.6 Å². The van der Waals surface area contributed by atoms with Crippen molar-refractivity contribution in [3.05, 3.63) is 45.7 Å². The summed E-state index contributed by atoms with van der Waals surface area (Å²) in [4.78, 5) is 24.4. The topological polar surface area (TPSA) is 108 Å². The minimum Gasteiger partial charge on any atom is -0.497 e. The lowest BCUT2D eigenvalue weighted by Gasteiger charge is -2.11. The largest absolute Gasteiger partial charge is 0.497 e. The van der Waals surface area contributed by atoms with Gasteiger partial charge in [-0.25, -0.2) is 4.68 Å². The Morgan fingerprint density at radius 1 is 1.18 bits per heavy atom. The molecule has 0 aliphatic carbocycles. The van der Waals surface area contributed by atoms with Gasteiger partial charge in [0.15, 0.2) is 0 Å².